The minimum atomic E-state index is 0.605. The molecule has 0 saturated carbocycles. The van der Waals surface area contributed by atoms with E-state index >= 15 is 0 Å². The summed E-state index contributed by atoms with van der Waals surface area (Å²) in [7, 11) is 0. The van der Waals surface area contributed by atoms with Crippen molar-refractivity contribution in [3.05, 3.63) is 39.3 Å². The molecule has 116 valence electrons. The van der Waals surface area contributed by atoms with Crippen LogP contribution in [0, 0.1) is 0 Å². The molecule has 2 aromatic rings. The van der Waals surface area contributed by atoms with Gasteiger partial charge in [0.15, 0.2) is 5.96 Å². The second kappa shape index (κ2) is 7.06. The summed E-state index contributed by atoms with van der Waals surface area (Å²) in [6.07, 6.45) is 3.53. The van der Waals surface area contributed by atoms with Gasteiger partial charge in [-0.25, -0.2) is 15.0 Å². The first-order valence-corrected chi connectivity index (χ1v) is 8.70. The van der Waals surface area contributed by atoms with Gasteiger partial charge in [-0.1, -0.05) is 0 Å². The van der Waals surface area contributed by atoms with Crippen molar-refractivity contribution in [1.82, 2.24) is 14.9 Å². The highest BCUT2D eigenvalue weighted by Gasteiger charge is 2.19. The predicted octanol–water partition coefficient (Wildman–Crippen LogP) is 1.94. The molecule has 3 rings (SSSR count). The molecular formula is C14H17BrN6S. The molecule has 1 saturated heterocycles. The zero-order valence-corrected chi connectivity index (χ0v) is 14.4. The molecule has 0 atom stereocenters. The Morgan fingerprint density at radius 3 is 2.64 bits per heavy atom. The lowest BCUT2D eigenvalue weighted by atomic mass is 10.3. The molecule has 2 N–H and O–H groups in total. The molecular weight excluding hydrogens is 364 g/mol. The summed E-state index contributed by atoms with van der Waals surface area (Å²) in [5.74, 6) is 1.38. The number of anilines is 1. The van der Waals surface area contributed by atoms with Crippen LogP contribution in [0.5, 0.6) is 0 Å². The van der Waals surface area contributed by atoms with Gasteiger partial charge >= 0.3 is 0 Å². The van der Waals surface area contributed by atoms with Gasteiger partial charge in [0.05, 0.1) is 6.54 Å². The molecule has 0 spiro atoms. The Kier molecular flexibility index (Phi) is 4.89. The van der Waals surface area contributed by atoms with Crippen LogP contribution in [0.25, 0.3) is 0 Å². The molecule has 0 aromatic carbocycles. The Bertz CT molecular complexity index is 636. The van der Waals surface area contributed by atoms with Gasteiger partial charge in [-0.3, -0.25) is 0 Å². The van der Waals surface area contributed by atoms with Crippen LogP contribution < -0.4 is 10.6 Å². The van der Waals surface area contributed by atoms with E-state index in [1.807, 2.05) is 17.5 Å². The van der Waals surface area contributed by atoms with E-state index in [-0.39, 0.29) is 0 Å². The van der Waals surface area contributed by atoms with Gasteiger partial charge in [0.1, 0.15) is 0 Å². The van der Waals surface area contributed by atoms with Crippen molar-refractivity contribution in [2.24, 2.45) is 10.7 Å². The van der Waals surface area contributed by atoms with Crippen LogP contribution in [0.1, 0.15) is 4.88 Å². The largest absolute Gasteiger partial charge is 0.370 e. The third kappa shape index (κ3) is 3.56. The summed E-state index contributed by atoms with van der Waals surface area (Å²) >= 11 is 5.20. The fourth-order valence-corrected chi connectivity index (χ4v) is 3.68. The number of nitrogens with two attached hydrogens (primary N) is 1. The fraction of sp³-hybridized carbons (Fsp3) is 0.357. The molecule has 2 aromatic heterocycles. The van der Waals surface area contributed by atoms with Gasteiger partial charge < -0.3 is 15.5 Å². The summed E-state index contributed by atoms with van der Waals surface area (Å²) < 4.78 is 1.10. The Morgan fingerprint density at radius 1 is 1.27 bits per heavy atom. The molecule has 8 heteroatoms. The van der Waals surface area contributed by atoms with Crippen molar-refractivity contribution in [3.63, 3.8) is 0 Å². The monoisotopic (exact) mass is 380 g/mol. The van der Waals surface area contributed by atoms with Crippen LogP contribution >= 0.6 is 27.3 Å². The number of rotatable bonds is 3. The number of aromatic nitrogens is 2. The van der Waals surface area contributed by atoms with Crippen LogP contribution in [-0.4, -0.2) is 47.0 Å². The molecule has 6 nitrogen and oxygen atoms in total. The SMILES string of the molecule is NC(=NCc1sccc1Br)N1CCN(c2ncccn2)CC1. The fourth-order valence-electron chi connectivity index (χ4n) is 2.28. The molecule has 22 heavy (non-hydrogen) atoms. The van der Waals surface area contributed by atoms with Gasteiger partial charge in [0.2, 0.25) is 5.95 Å². The van der Waals surface area contributed by atoms with E-state index in [9.17, 15) is 0 Å². The number of nitrogens with zero attached hydrogens (tertiary/aromatic N) is 5. The number of guanidine groups is 1. The molecule has 0 amide bonds. The van der Waals surface area contributed by atoms with E-state index in [1.165, 1.54) is 4.88 Å². The smallest absolute Gasteiger partial charge is 0.225 e. The molecule has 1 fully saturated rings. The van der Waals surface area contributed by atoms with Crippen molar-refractivity contribution in [1.29, 1.82) is 0 Å². The quantitative estimate of drug-likeness (QED) is 0.650. The Balaban J connectivity index is 1.55. The maximum absolute atomic E-state index is 6.11. The summed E-state index contributed by atoms with van der Waals surface area (Å²) in [6.45, 7) is 3.98. The van der Waals surface area contributed by atoms with Crippen LogP contribution in [0.2, 0.25) is 0 Å². The average Bonchev–Trinajstić information content (AvgIpc) is 2.99. The normalized spacial score (nSPS) is 16.1. The standard InChI is InChI=1S/C14H17BrN6S/c15-11-2-9-22-12(11)10-19-13(16)20-5-7-21(8-6-20)14-17-3-1-4-18-14/h1-4,9H,5-8,10H2,(H2,16,19). The zero-order valence-electron chi connectivity index (χ0n) is 12.0. The first-order valence-electron chi connectivity index (χ1n) is 7.03. The van der Waals surface area contributed by atoms with Crippen molar-refractivity contribution >= 4 is 39.2 Å². The van der Waals surface area contributed by atoms with Crippen LogP contribution in [-0.2, 0) is 6.54 Å². The minimum Gasteiger partial charge on any atom is -0.370 e. The van der Waals surface area contributed by atoms with Crippen LogP contribution in [0.4, 0.5) is 5.95 Å². The van der Waals surface area contributed by atoms with E-state index in [0.29, 0.717) is 12.5 Å². The van der Waals surface area contributed by atoms with E-state index in [4.69, 9.17) is 5.73 Å². The lowest BCUT2D eigenvalue weighted by Gasteiger charge is -2.35. The molecule has 3 heterocycles. The maximum Gasteiger partial charge on any atom is 0.225 e. The van der Waals surface area contributed by atoms with Crippen molar-refractivity contribution in [3.8, 4) is 0 Å². The highest BCUT2D eigenvalue weighted by atomic mass is 79.9. The van der Waals surface area contributed by atoms with Gasteiger partial charge in [0.25, 0.3) is 0 Å². The van der Waals surface area contributed by atoms with E-state index in [0.717, 1.165) is 36.6 Å². The second-order valence-corrected chi connectivity index (χ2v) is 6.74. The molecule has 0 aliphatic carbocycles. The molecule has 1 aliphatic heterocycles. The van der Waals surface area contributed by atoms with Crippen LogP contribution in [0.15, 0.2) is 39.4 Å². The number of piperazine rings is 1. The highest BCUT2D eigenvalue weighted by Crippen LogP contribution is 2.23. The van der Waals surface area contributed by atoms with E-state index in [1.54, 1.807) is 23.7 Å². The molecule has 1 aliphatic rings. The maximum atomic E-state index is 6.11. The first-order chi connectivity index (χ1) is 10.7. The van der Waals surface area contributed by atoms with Crippen LogP contribution in [0.3, 0.4) is 0 Å². The van der Waals surface area contributed by atoms with Gasteiger partial charge in [-0.2, -0.15) is 0 Å². The average molecular weight is 381 g/mol. The topological polar surface area (TPSA) is 70.6 Å². The van der Waals surface area contributed by atoms with E-state index in [2.05, 4.69) is 40.7 Å². The highest BCUT2D eigenvalue weighted by molar-refractivity contribution is 9.10. The van der Waals surface area contributed by atoms with Gasteiger partial charge in [-0.15, -0.1) is 11.3 Å². The third-order valence-corrected chi connectivity index (χ3v) is 5.43. The van der Waals surface area contributed by atoms with Crippen molar-refractivity contribution < 1.29 is 0 Å². The minimum absolute atomic E-state index is 0.605. The third-order valence-electron chi connectivity index (χ3n) is 3.51. The molecule has 0 bridgehead atoms. The Morgan fingerprint density at radius 2 is 2.00 bits per heavy atom. The summed E-state index contributed by atoms with van der Waals surface area (Å²) in [5.41, 5.74) is 6.11. The Labute approximate surface area is 141 Å². The summed E-state index contributed by atoms with van der Waals surface area (Å²) in [6, 6.07) is 3.86. The van der Waals surface area contributed by atoms with Gasteiger partial charge in [-0.05, 0) is 33.4 Å². The number of aliphatic imine (C=N–C) groups is 1. The lowest BCUT2D eigenvalue weighted by Crippen LogP contribution is -2.51. The number of thiophene rings is 1. The Hall–Kier alpha value is -1.67. The lowest BCUT2D eigenvalue weighted by molar-refractivity contribution is 0.378. The molecule has 0 unspecified atom stereocenters. The summed E-state index contributed by atoms with van der Waals surface area (Å²) in [4.78, 5) is 18.5. The number of hydrogen-bond acceptors (Lipinski definition) is 5. The van der Waals surface area contributed by atoms with Gasteiger partial charge in [0, 0.05) is 47.9 Å². The second-order valence-electron chi connectivity index (χ2n) is 4.89. The number of hydrogen-bond donors (Lipinski definition) is 1. The number of halogens is 1. The zero-order chi connectivity index (χ0) is 15.4. The predicted molar refractivity (Wildman–Crippen MR) is 93.2 cm³/mol. The van der Waals surface area contributed by atoms with Crippen molar-refractivity contribution in [2.45, 2.75) is 6.54 Å². The van der Waals surface area contributed by atoms with E-state index < -0.39 is 0 Å². The molecule has 0 radical (unpaired) electrons. The summed E-state index contributed by atoms with van der Waals surface area (Å²) in [5, 5.41) is 2.05. The van der Waals surface area contributed by atoms with Crippen molar-refractivity contribution in [2.75, 3.05) is 31.1 Å². The first kappa shape index (κ1) is 15.2.